The molecule has 0 amide bonds. The highest BCUT2D eigenvalue weighted by Crippen LogP contribution is 2.32. The average Bonchev–Trinajstić information content (AvgIpc) is 2.83. The van der Waals surface area contributed by atoms with E-state index in [2.05, 4.69) is 22.9 Å². The van der Waals surface area contributed by atoms with Crippen molar-refractivity contribution in [3.63, 3.8) is 0 Å². The van der Waals surface area contributed by atoms with E-state index < -0.39 is 11.6 Å². The van der Waals surface area contributed by atoms with Crippen LogP contribution in [0.2, 0.25) is 0 Å². The summed E-state index contributed by atoms with van der Waals surface area (Å²) in [5, 5.41) is 0. The Morgan fingerprint density at radius 2 is 2.22 bits per heavy atom. The minimum absolute atomic E-state index is 0.126. The van der Waals surface area contributed by atoms with Crippen LogP contribution in [0.4, 0.5) is 8.78 Å². The lowest BCUT2D eigenvalue weighted by Gasteiger charge is -2.22. The van der Waals surface area contributed by atoms with E-state index in [-0.39, 0.29) is 10.9 Å². The monoisotopic (exact) mass is 318 g/mol. The largest absolute Gasteiger partial charge is 0.378 e. The van der Waals surface area contributed by atoms with Crippen LogP contribution in [0, 0.1) is 17.6 Å². The molecule has 0 aromatic heterocycles. The predicted octanol–water partition coefficient (Wildman–Crippen LogP) is 4.09. The molecule has 1 saturated heterocycles. The highest BCUT2D eigenvalue weighted by molar-refractivity contribution is 9.09. The van der Waals surface area contributed by atoms with E-state index in [0.29, 0.717) is 17.9 Å². The second-order valence-electron chi connectivity index (χ2n) is 4.70. The minimum atomic E-state index is -0.776. The first-order valence-electron chi connectivity index (χ1n) is 6.32. The smallest absolute Gasteiger partial charge is 0.162 e. The molecule has 0 saturated carbocycles. The molecule has 1 aliphatic heterocycles. The molecule has 1 aromatic rings. The Hall–Kier alpha value is -0.480. The first kappa shape index (κ1) is 13.9. The third kappa shape index (κ3) is 2.91. The second-order valence-corrected chi connectivity index (χ2v) is 5.88. The van der Waals surface area contributed by atoms with E-state index >= 15 is 0 Å². The van der Waals surface area contributed by atoms with Crippen LogP contribution in [-0.4, -0.2) is 17.5 Å². The summed E-state index contributed by atoms with van der Waals surface area (Å²) >= 11 is 3.61. The maximum atomic E-state index is 13.6. The SMILES string of the molecule is CCC1OCCC1C(Br)Cc1cccc(F)c1F. The number of hydrogen-bond donors (Lipinski definition) is 0. The maximum absolute atomic E-state index is 13.6. The number of alkyl halides is 1. The molecule has 1 heterocycles. The lowest BCUT2D eigenvalue weighted by Crippen LogP contribution is -2.25. The van der Waals surface area contributed by atoms with Gasteiger partial charge in [-0.05, 0) is 30.9 Å². The van der Waals surface area contributed by atoms with Crippen LogP contribution in [-0.2, 0) is 11.2 Å². The Morgan fingerprint density at radius 1 is 1.44 bits per heavy atom. The molecule has 2 rings (SSSR count). The Morgan fingerprint density at radius 3 is 2.94 bits per heavy atom. The van der Waals surface area contributed by atoms with Crippen molar-refractivity contribution >= 4 is 15.9 Å². The van der Waals surface area contributed by atoms with Gasteiger partial charge in [-0.25, -0.2) is 8.78 Å². The molecule has 0 aliphatic carbocycles. The van der Waals surface area contributed by atoms with E-state index in [4.69, 9.17) is 4.74 Å². The Balaban J connectivity index is 2.06. The standard InChI is InChI=1S/C14H17BrF2O/c1-2-13-10(6-7-18-13)11(15)8-9-4-3-5-12(16)14(9)17/h3-5,10-11,13H,2,6-8H2,1H3. The van der Waals surface area contributed by atoms with Crippen molar-refractivity contribution in [1.82, 2.24) is 0 Å². The van der Waals surface area contributed by atoms with Gasteiger partial charge in [-0.3, -0.25) is 0 Å². The van der Waals surface area contributed by atoms with Crippen molar-refractivity contribution < 1.29 is 13.5 Å². The zero-order valence-electron chi connectivity index (χ0n) is 10.3. The van der Waals surface area contributed by atoms with Crippen LogP contribution in [0.1, 0.15) is 25.3 Å². The van der Waals surface area contributed by atoms with E-state index in [1.165, 1.54) is 0 Å². The van der Waals surface area contributed by atoms with Gasteiger partial charge in [0.2, 0.25) is 0 Å². The number of benzene rings is 1. The molecule has 1 aromatic carbocycles. The second kappa shape index (κ2) is 6.11. The summed E-state index contributed by atoms with van der Waals surface area (Å²) < 4.78 is 32.4. The summed E-state index contributed by atoms with van der Waals surface area (Å²) in [5.74, 6) is -1.13. The molecule has 0 N–H and O–H groups in total. The highest BCUT2D eigenvalue weighted by Gasteiger charge is 2.32. The van der Waals surface area contributed by atoms with Crippen molar-refractivity contribution in [3.8, 4) is 0 Å². The first-order chi connectivity index (χ1) is 8.63. The Labute approximate surface area is 115 Å². The van der Waals surface area contributed by atoms with Gasteiger partial charge in [0, 0.05) is 17.4 Å². The fourth-order valence-corrected chi connectivity index (χ4v) is 3.52. The van der Waals surface area contributed by atoms with Crippen molar-refractivity contribution in [2.45, 2.75) is 37.1 Å². The van der Waals surface area contributed by atoms with Gasteiger partial charge in [0.1, 0.15) is 0 Å². The predicted molar refractivity (Wildman–Crippen MR) is 70.9 cm³/mol. The third-order valence-corrected chi connectivity index (χ3v) is 4.58. The van der Waals surface area contributed by atoms with Crippen LogP contribution < -0.4 is 0 Å². The average molecular weight is 319 g/mol. The van der Waals surface area contributed by atoms with E-state index in [1.54, 1.807) is 12.1 Å². The quantitative estimate of drug-likeness (QED) is 0.760. The van der Waals surface area contributed by atoms with Crippen LogP contribution >= 0.6 is 15.9 Å². The molecular formula is C14H17BrF2O. The zero-order valence-corrected chi connectivity index (χ0v) is 11.9. The van der Waals surface area contributed by atoms with Gasteiger partial charge in [-0.2, -0.15) is 0 Å². The van der Waals surface area contributed by atoms with Crippen molar-refractivity contribution in [2.24, 2.45) is 5.92 Å². The fraction of sp³-hybridized carbons (Fsp3) is 0.571. The van der Waals surface area contributed by atoms with Gasteiger partial charge in [0.05, 0.1) is 6.10 Å². The molecule has 1 nitrogen and oxygen atoms in total. The summed E-state index contributed by atoms with van der Waals surface area (Å²) in [6, 6.07) is 4.34. The van der Waals surface area contributed by atoms with Gasteiger partial charge >= 0.3 is 0 Å². The summed E-state index contributed by atoms with van der Waals surface area (Å²) in [6.07, 6.45) is 2.66. The normalized spacial score (nSPS) is 25.3. The number of hydrogen-bond acceptors (Lipinski definition) is 1. The molecule has 0 spiro atoms. The Kier molecular flexibility index (Phi) is 4.73. The van der Waals surface area contributed by atoms with Gasteiger partial charge in [0.15, 0.2) is 11.6 Å². The summed E-state index contributed by atoms with van der Waals surface area (Å²) in [4.78, 5) is 0.126. The highest BCUT2D eigenvalue weighted by atomic mass is 79.9. The Bertz CT molecular complexity index is 411. The van der Waals surface area contributed by atoms with Crippen LogP contribution in [0.25, 0.3) is 0 Å². The summed E-state index contributed by atoms with van der Waals surface area (Å²) in [5.41, 5.74) is 0.429. The number of rotatable bonds is 4. The van der Waals surface area contributed by atoms with Crippen LogP contribution in [0.5, 0.6) is 0 Å². The third-order valence-electron chi connectivity index (χ3n) is 3.57. The molecule has 4 heteroatoms. The zero-order chi connectivity index (χ0) is 13.1. The van der Waals surface area contributed by atoms with Crippen molar-refractivity contribution in [3.05, 3.63) is 35.4 Å². The van der Waals surface area contributed by atoms with Gasteiger partial charge in [0.25, 0.3) is 0 Å². The fourth-order valence-electron chi connectivity index (χ4n) is 2.57. The maximum Gasteiger partial charge on any atom is 0.162 e. The number of ether oxygens (including phenoxy) is 1. The summed E-state index contributed by atoms with van der Waals surface area (Å²) in [7, 11) is 0. The molecule has 100 valence electrons. The lowest BCUT2D eigenvalue weighted by atomic mass is 9.92. The van der Waals surface area contributed by atoms with Gasteiger partial charge in [-0.15, -0.1) is 0 Å². The molecule has 1 aliphatic rings. The molecule has 18 heavy (non-hydrogen) atoms. The van der Waals surface area contributed by atoms with E-state index in [1.807, 2.05) is 0 Å². The number of halogens is 3. The molecule has 3 unspecified atom stereocenters. The van der Waals surface area contributed by atoms with Crippen LogP contribution in [0.3, 0.4) is 0 Å². The summed E-state index contributed by atoms with van der Waals surface area (Å²) in [6.45, 7) is 2.85. The van der Waals surface area contributed by atoms with Crippen molar-refractivity contribution in [1.29, 1.82) is 0 Å². The van der Waals surface area contributed by atoms with Crippen LogP contribution in [0.15, 0.2) is 18.2 Å². The van der Waals surface area contributed by atoms with Gasteiger partial charge in [-0.1, -0.05) is 35.0 Å². The minimum Gasteiger partial charge on any atom is -0.378 e. The topological polar surface area (TPSA) is 9.23 Å². The van der Waals surface area contributed by atoms with Gasteiger partial charge < -0.3 is 4.74 Å². The molecule has 0 bridgehead atoms. The van der Waals surface area contributed by atoms with E-state index in [9.17, 15) is 8.78 Å². The van der Waals surface area contributed by atoms with Crippen molar-refractivity contribution in [2.75, 3.05) is 6.61 Å². The molecular weight excluding hydrogens is 302 g/mol. The lowest BCUT2D eigenvalue weighted by molar-refractivity contribution is 0.0872. The first-order valence-corrected chi connectivity index (χ1v) is 7.23. The molecule has 3 atom stereocenters. The molecule has 1 fully saturated rings. The van der Waals surface area contributed by atoms with E-state index in [0.717, 1.165) is 25.5 Å². The molecule has 0 radical (unpaired) electrons.